The summed E-state index contributed by atoms with van der Waals surface area (Å²) in [6.45, 7) is 10.6. The number of nitrogens with one attached hydrogen (secondary N) is 1. The number of carboxylic acids is 1. The van der Waals surface area contributed by atoms with E-state index in [0.717, 1.165) is 16.7 Å². The molecule has 0 radical (unpaired) electrons. The van der Waals surface area contributed by atoms with Crippen molar-refractivity contribution in [3.63, 3.8) is 0 Å². The van der Waals surface area contributed by atoms with Crippen LogP contribution in [0.2, 0.25) is 18.1 Å². The summed E-state index contributed by atoms with van der Waals surface area (Å²) in [7, 11) is 0.427. The number of rotatable bonds is 19. The maximum Gasteiger partial charge on any atom is 0.336 e. The molecule has 0 unspecified atom stereocenters. The number of hydrogen-bond donors (Lipinski definition) is 2. The van der Waals surface area contributed by atoms with Gasteiger partial charge in [-0.3, -0.25) is 14.9 Å². The number of ether oxygens (including phenoxy) is 3. The summed E-state index contributed by atoms with van der Waals surface area (Å²) in [6, 6.07) is 32.2. The van der Waals surface area contributed by atoms with E-state index in [0.29, 0.717) is 17.1 Å². The van der Waals surface area contributed by atoms with Gasteiger partial charge in [0.1, 0.15) is 28.9 Å². The highest BCUT2D eigenvalue weighted by atomic mass is 32.2. The minimum Gasteiger partial charge on any atom is -0.543 e. The molecule has 0 aliphatic rings. The van der Waals surface area contributed by atoms with Crippen LogP contribution in [0.1, 0.15) is 59.8 Å². The number of hydrogen-bond acceptors (Lipinski definition) is 9. The number of Topliss-reactive ketones (excluding diaryl/α,β-unsaturated/α-hetero) is 1. The molecule has 0 heterocycles. The summed E-state index contributed by atoms with van der Waals surface area (Å²) in [5, 5.41) is 13.1. The van der Waals surface area contributed by atoms with Crippen molar-refractivity contribution in [2.45, 2.75) is 62.7 Å². The quantitative estimate of drug-likeness (QED) is 0.0552. The number of carboxylic acid groups (broad SMARTS) is 1. The first-order valence-electron chi connectivity index (χ1n) is 17.6. The van der Waals surface area contributed by atoms with Crippen LogP contribution in [0.25, 0.3) is 0 Å². The molecule has 4 aromatic rings. The Balaban J connectivity index is 1.46. The number of carbonyl (C=O) groups is 3. The molecule has 9 nitrogen and oxygen atoms in total. The first kappa shape index (κ1) is 41.3. The maximum absolute atomic E-state index is 13.3. The molecule has 0 spiro atoms. The molecular weight excluding hydrogens is 707 g/mol. The largest absolute Gasteiger partial charge is 0.543 e. The van der Waals surface area contributed by atoms with Gasteiger partial charge in [-0.05, 0) is 40.9 Å². The average Bonchev–Trinajstić information content (AvgIpc) is 3.15. The van der Waals surface area contributed by atoms with Gasteiger partial charge in [-0.2, -0.15) is 11.8 Å². The van der Waals surface area contributed by atoms with Crippen molar-refractivity contribution in [2.24, 2.45) is 0 Å². The predicted molar refractivity (Wildman–Crippen MR) is 213 cm³/mol. The van der Waals surface area contributed by atoms with Crippen LogP contribution in [-0.2, 0) is 30.4 Å². The second kappa shape index (κ2) is 18.6. The Morgan fingerprint density at radius 1 is 0.830 bits per heavy atom. The van der Waals surface area contributed by atoms with Gasteiger partial charge in [-0.1, -0.05) is 112 Å². The van der Waals surface area contributed by atoms with Crippen molar-refractivity contribution in [1.82, 2.24) is 5.32 Å². The molecule has 4 rings (SSSR count). The van der Waals surface area contributed by atoms with Crippen molar-refractivity contribution in [3.05, 3.63) is 131 Å². The lowest BCUT2D eigenvalue weighted by molar-refractivity contribution is -0.142. The second-order valence-corrected chi connectivity index (χ2v) is 20.0. The van der Waals surface area contributed by atoms with Crippen LogP contribution in [0, 0.1) is 0 Å². The van der Waals surface area contributed by atoms with Crippen molar-refractivity contribution in [3.8, 4) is 11.5 Å². The zero-order valence-corrected chi connectivity index (χ0v) is 33.5. The van der Waals surface area contributed by atoms with E-state index in [2.05, 4.69) is 39.2 Å². The fraction of sp³-hybridized carbons (Fsp3) is 0.357. The lowest BCUT2D eigenvalue weighted by atomic mass is 9.80. The van der Waals surface area contributed by atoms with Gasteiger partial charge < -0.3 is 23.7 Å². The molecule has 2 N–H and O–H groups in total. The Bertz CT molecular complexity index is 1720. The molecule has 11 heteroatoms. The first-order chi connectivity index (χ1) is 25.2. The first-order valence-corrected chi connectivity index (χ1v) is 21.6. The van der Waals surface area contributed by atoms with Crippen molar-refractivity contribution in [2.75, 3.05) is 33.1 Å². The molecule has 0 aromatic heterocycles. The monoisotopic (exact) mass is 757 g/mol. The van der Waals surface area contributed by atoms with Gasteiger partial charge in [0.2, 0.25) is 8.32 Å². The summed E-state index contributed by atoms with van der Waals surface area (Å²) in [5.41, 5.74) is 2.43. The fourth-order valence-corrected chi connectivity index (χ4v) is 7.79. The molecule has 0 saturated heterocycles. The van der Waals surface area contributed by atoms with Crippen LogP contribution >= 0.6 is 11.8 Å². The fourth-order valence-electron chi connectivity index (χ4n) is 5.64. The van der Waals surface area contributed by atoms with Gasteiger partial charge in [0.05, 0.1) is 32.9 Å². The molecule has 0 amide bonds. The summed E-state index contributed by atoms with van der Waals surface area (Å²) < 4.78 is 23.8. The topological polar surface area (TPSA) is 120 Å². The van der Waals surface area contributed by atoms with Gasteiger partial charge >= 0.3 is 11.9 Å². The van der Waals surface area contributed by atoms with E-state index in [1.165, 1.54) is 32.0 Å². The van der Waals surface area contributed by atoms with E-state index in [4.69, 9.17) is 18.6 Å². The summed E-state index contributed by atoms with van der Waals surface area (Å²) >= 11 is 1.35. The van der Waals surface area contributed by atoms with Crippen LogP contribution in [0.15, 0.2) is 103 Å². The van der Waals surface area contributed by atoms with Gasteiger partial charge in [-0.25, -0.2) is 4.79 Å². The zero-order chi connectivity index (χ0) is 38.6. The van der Waals surface area contributed by atoms with E-state index in [1.807, 2.05) is 91.0 Å². The second-order valence-electron chi connectivity index (χ2n) is 14.2. The zero-order valence-electron chi connectivity index (χ0n) is 31.6. The van der Waals surface area contributed by atoms with E-state index in [1.54, 1.807) is 6.07 Å². The van der Waals surface area contributed by atoms with E-state index < -0.39 is 31.9 Å². The van der Waals surface area contributed by atoms with Crippen LogP contribution < -0.4 is 14.5 Å². The third-order valence-corrected chi connectivity index (χ3v) is 15.0. The highest BCUT2D eigenvalue weighted by Gasteiger charge is 2.40. The number of carbonyl (C=O) groups excluding carboxylic acids is 2. The van der Waals surface area contributed by atoms with Gasteiger partial charge in [0.15, 0.2) is 0 Å². The average molecular weight is 758 g/mol. The maximum atomic E-state index is 13.3. The Labute approximate surface area is 318 Å². The minimum atomic E-state index is -2.35. The summed E-state index contributed by atoms with van der Waals surface area (Å²) in [6.07, 6.45) is 0.101. The Morgan fingerprint density at radius 2 is 1.36 bits per heavy atom. The van der Waals surface area contributed by atoms with E-state index in [9.17, 15) is 19.5 Å². The van der Waals surface area contributed by atoms with Gasteiger partial charge in [0.25, 0.3) is 0 Å². The third kappa shape index (κ3) is 10.4. The Kier molecular flexibility index (Phi) is 14.5. The van der Waals surface area contributed by atoms with Crippen LogP contribution in [0.3, 0.4) is 0 Å². The molecule has 0 aliphatic heterocycles. The number of ketones is 1. The Hall–Kier alpha value is -4.42. The van der Waals surface area contributed by atoms with E-state index >= 15 is 0 Å². The molecular formula is C42H51NO8SSi. The molecule has 282 valence electrons. The van der Waals surface area contributed by atoms with Crippen molar-refractivity contribution >= 4 is 37.8 Å². The predicted octanol–water partition coefficient (Wildman–Crippen LogP) is 8.11. The molecule has 1 atom stereocenters. The smallest absolute Gasteiger partial charge is 0.336 e. The number of benzene rings is 4. The van der Waals surface area contributed by atoms with Crippen LogP contribution in [-0.4, -0.2) is 70.3 Å². The van der Waals surface area contributed by atoms with Gasteiger partial charge in [-0.15, -0.1) is 0 Å². The minimum absolute atomic E-state index is 0.0703. The van der Waals surface area contributed by atoms with Crippen molar-refractivity contribution in [1.29, 1.82) is 0 Å². The molecule has 0 saturated carbocycles. The lowest BCUT2D eigenvalue weighted by Crippen LogP contribution is -2.44. The number of esters is 1. The number of methoxy groups -OCH3 is 2. The van der Waals surface area contributed by atoms with Crippen LogP contribution in [0.5, 0.6) is 11.5 Å². The lowest BCUT2D eigenvalue weighted by Gasteiger charge is -2.37. The SMILES string of the molecule is COC(=O)[C@H](CSCc1c(O[Si](C)(C)C(C)(C)C)cc(OC)cc1C(=O)O)NCC(=O)CCOC(c1ccccc1)(c1ccccc1)c1ccccc1. The van der Waals surface area contributed by atoms with E-state index in [-0.39, 0.29) is 47.5 Å². The Morgan fingerprint density at radius 3 is 1.81 bits per heavy atom. The molecule has 0 bridgehead atoms. The van der Waals surface area contributed by atoms with Gasteiger partial charge in [0, 0.05) is 29.6 Å². The highest BCUT2D eigenvalue weighted by Crippen LogP contribution is 2.42. The molecule has 4 aromatic carbocycles. The number of aromatic carboxylic acids is 1. The molecule has 0 fully saturated rings. The number of thioether (sulfide) groups is 1. The molecule has 53 heavy (non-hydrogen) atoms. The summed E-state index contributed by atoms with van der Waals surface area (Å²) in [4.78, 5) is 38.5. The van der Waals surface area contributed by atoms with Crippen LogP contribution in [0.4, 0.5) is 0 Å². The normalized spacial score (nSPS) is 12.5. The highest BCUT2D eigenvalue weighted by molar-refractivity contribution is 7.98. The summed E-state index contributed by atoms with van der Waals surface area (Å²) in [5.74, 6) is -0.464. The van der Waals surface area contributed by atoms with Crippen molar-refractivity contribution < 1.29 is 38.1 Å². The standard InChI is InChI=1S/C42H51NO8SSi/c1-41(2,3)53(6,7)51-38-26-34(48-4)25-35(39(45)46)36(38)28-52-29-37(40(47)49-5)43-27-33(44)23-24-50-42(30-17-11-8-12-18-30,31-19-13-9-14-20-31)32-21-15-10-16-22-32/h8-22,25-26,37,43H,23-24,27-29H2,1-7H3,(H,45,46)/t37-/m0/s1. The molecule has 0 aliphatic carbocycles. The third-order valence-electron chi connectivity index (χ3n) is 9.62.